The van der Waals surface area contributed by atoms with E-state index in [9.17, 15) is 14.4 Å². The van der Waals surface area contributed by atoms with Crippen LogP contribution in [0.5, 0.6) is 0 Å². The Morgan fingerprint density at radius 1 is 1.32 bits per heavy atom. The Bertz CT molecular complexity index is 715. The summed E-state index contributed by atoms with van der Waals surface area (Å²) in [5, 5.41) is 10.8. The summed E-state index contributed by atoms with van der Waals surface area (Å²) in [6.07, 6.45) is -2.51. The van der Waals surface area contributed by atoms with Crippen molar-refractivity contribution in [2.24, 2.45) is 0 Å². The van der Waals surface area contributed by atoms with E-state index in [-0.39, 0.29) is 0 Å². The van der Waals surface area contributed by atoms with Crippen molar-refractivity contribution in [3.63, 3.8) is 0 Å². The molecule has 0 bridgehead atoms. The lowest BCUT2D eigenvalue weighted by atomic mass is 9.95. The Labute approximate surface area is 149 Å². The predicted molar refractivity (Wildman–Crippen MR) is 89.5 cm³/mol. The Morgan fingerprint density at radius 2 is 1.96 bits per heavy atom. The van der Waals surface area contributed by atoms with Gasteiger partial charge in [0.05, 0.1) is 11.1 Å². The number of anilines is 1. The topological polar surface area (TPSA) is 105 Å². The summed E-state index contributed by atoms with van der Waals surface area (Å²) in [4.78, 5) is 40.7. The van der Waals surface area contributed by atoms with Crippen LogP contribution < -0.4 is 10.4 Å². The zero-order chi connectivity index (χ0) is 18.9. The molecule has 2 amide bonds. The van der Waals surface area contributed by atoms with Gasteiger partial charge >= 0.3 is 12.2 Å². The summed E-state index contributed by atoms with van der Waals surface area (Å²) in [5.74, 6) is -0.810. The van der Waals surface area contributed by atoms with Crippen LogP contribution in [0.15, 0.2) is 18.2 Å². The molecule has 136 valence electrons. The number of alkyl halides is 1. The standard InChI is InChI=1S/C16H19ClN2O6/c1-8-6-5-7-9-10(17)11(18-14(21)22)13(20)19(12(8)9)25-15(23)24-16(2,3)4/h5-7,10-11,18H,1-4H3,(H,21,22). The number of benzene rings is 1. The van der Waals surface area contributed by atoms with Gasteiger partial charge in [-0.3, -0.25) is 9.63 Å². The average molecular weight is 371 g/mol. The highest BCUT2D eigenvalue weighted by Gasteiger charge is 2.44. The normalized spacial score (nSPS) is 19.9. The lowest BCUT2D eigenvalue weighted by Crippen LogP contribution is -2.54. The number of para-hydroxylation sites is 1. The zero-order valence-electron chi connectivity index (χ0n) is 14.2. The van der Waals surface area contributed by atoms with Gasteiger partial charge in [-0.15, -0.1) is 16.7 Å². The number of carboxylic acid groups (broad SMARTS) is 1. The highest BCUT2D eigenvalue weighted by molar-refractivity contribution is 6.25. The average Bonchev–Trinajstić information content (AvgIpc) is 2.46. The molecule has 0 radical (unpaired) electrons. The number of hydrogen-bond acceptors (Lipinski definition) is 5. The summed E-state index contributed by atoms with van der Waals surface area (Å²) in [6, 6.07) is 3.75. The van der Waals surface area contributed by atoms with Crippen LogP contribution in [0.25, 0.3) is 0 Å². The van der Waals surface area contributed by atoms with Gasteiger partial charge in [-0.1, -0.05) is 18.2 Å². The second kappa shape index (κ2) is 6.79. The van der Waals surface area contributed by atoms with Crippen LogP contribution in [0.1, 0.15) is 37.3 Å². The molecule has 2 atom stereocenters. The SMILES string of the molecule is Cc1cccc2c1N(OC(=O)OC(C)(C)C)C(=O)C(NC(=O)O)C2Cl. The number of ether oxygens (including phenoxy) is 1. The van der Waals surface area contributed by atoms with Gasteiger partial charge in [0.1, 0.15) is 11.6 Å². The third-order valence-electron chi connectivity index (χ3n) is 3.36. The minimum Gasteiger partial charge on any atom is -0.465 e. The van der Waals surface area contributed by atoms with Gasteiger partial charge in [0.15, 0.2) is 0 Å². The number of nitrogens with zero attached hydrogens (tertiary/aromatic N) is 1. The molecule has 1 aliphatic rings. The summed E-state index contributed by atoms with van der Waals surface area (Å²) in [7, 11) is 0. The van der Waals surface area contributed by atoms with Crippen molar-refractivity contribution in [2.75, 3.05) is 5.06 Å². The van der Waals surface area contributed by atoms with Gasteiger partial charge in [0, 0.05) is 5.56 Å². The molecule has 9 heteroatoms. The smallest absolute Gasteiger partial charge is 0.465 e. The summed E-state index contributed by atoms with van der Waals surface area (Å²) in [6.45, 7) is 6.66. The van der Waals surface area contributed by atoms with Crippen molar-refractivity contribution >= 4 is 35.4 Å². The molecule has 0 spiro atoms. The monoisotopic (exact) mass is 370 g/mol. The lowest BCUT2D eigenvalue weighted by Gasteiger charge is -2.36. The first-order valence-corrected chi connectivity index (χ1v) is 7.93. The Hall–Kier alpha value is -2.48. The molecule has 0 saturated carbocycles. The van der Waals surface area contributed by atoms with E-state index < -0.39 is 35.2 Å². The van der Waals surface area contributed by atoms with Crippen molar-refractivity contribution in [1.29, 1.82) is 0 Å². The number of fused-ring (bicyclic) bond motifs is 1. The summed E-state index contributed by atoms with van der Waals surface area (Å²) < 4.78 is 5.06. The Balaban J connectivity index is 2.42. The van der Waals surface area contributed by atoms with Gasteiger partial charge < -0.3 is 15.2 Å². The maximum atomic E-state index is 12.7. The summed E-state index contributed by atoms with van der Waals surface area (Å²) >= 11 is 6.29. The van der Waals surface area contributed by atoms with Gasteiger partial charge in [0.2, 0.25) is 0 Å². The van der Waals surface area contributed by atoms with E-state index in [0.29, 0.717) is 16.8 Å². The first kappa shape index (κ1) is 18.9. The number of halogens is 1. The maximum Gasteiger partial charge on any atom is 0.534 e. The molecular formula is C16H19ClN2O6. The molecule has 2 N–H and O–H groups in total. The molecule has 25 heavy (non-hydrogen) atoms. The molecule has 0 fully saturated rings. The fourth-order valence-electron chi connectivity index (χ4n) is 2.42. The molecule has 1 heterocycles. The van der Waals surface area contributed by atoms with E-state index >= 15 is 0 Å². The molecule has 0 aliphatic carbocycles. The van der Waals surface area contributed by atoms with Crippen LogP contribution >= 0.6 is 11.6 Å². The van der Waals surface area contributed by atoms with Crippen molar-refractivity contribution in [3.05, 3.63) is 29.3 Å². The highest BCUT2D eigenvalue weighted by atomic mass is 35.5. The van der Waals surface area contributed by atoms with Crippen molar-refractivity contribution in [2.45, 2.75) is 44.7 Å². The second-order valence-corrected chi connectivity index (χ2v) is 7.00. The highest BCUT2D eigenvalue weighted by Crippen LogP contribution is 2.40. The minimum absolute atomic E-state index is 0.293. The molecule has 1 aliphatic heterocycles. The largest absolute Gasteiger partial charge is 0.534 e. The number of rotatable bonds is 2. The fraction of sp³-hybridized carbons (Fsp3) is 0.438. The van der Waals surface area contributed by atoms with Gasteiger partial charge in [-0.2, -0.15) is 0 Å². The van der Waals surface area contributed by atoms with Gasteiger partial charge in [0.25, 0.3) is 5.91 Å². The first-order valence-electron chi connectivity index (χ1n) is 7.49. The van der Waals surface area contributed by atoms with Crippen LogP contribution in [0, 0.1) is 6.92 Å². The van der Waals surface area contributed by atoms with E-state index in [1.807, 2.05) is 0 Å². The number of hydroxylamine groups is 1. The molecule has 1 aromatic carbocycles. The zero-order valence-corrected chi connectivity index (χ0v) is 15.0. The van der Waals surface area contributed by atoms with Gasteiger partial charge in [-0.05, 0) is 33.3 Å². The second-order valence-electron chi connectivity index (χ2n) is 6.53. The Morgan fingerprint density at radius 3 is 2.52 bits per heavy atom. The maximum absolute atomic E-state index is 12.7. The third kappa shape index (κ3) is 4.14. The minimum atomic E-state index is -1.42. The van der Waals surface area contributed by atoms with Crippen LogP contribution in [-0.2, 0) is 14.4 Å². The van der Waals surface area contributed by atoms with E-state index in [1.165, 1.54) is 0 Å². The van der Waals surface area contributed by atoms with E-state index in [2.05, 4.69) is 5.32 Å². The predicted octanol–water partition coefficient (Wildman–Crippen LogP) is 3.12. The van der Waals surface area contributed by atoms with E-state index in [4.69, 9.17) is 26.3 Å². The van der Waals surface area contributed by atoms with E-state index in [1.54, 1.807) is 45.9 Å². The summed E-state index contributed by atoms with van der Waals surface area (Å²) in [5.41, 5.74) is 0.567. The molecule has 0 saturated heterocycles. The number of carbonyl (C=O) groups is 3. The number of hydrogen-bond donors (Lipinski definition) is 2. The Kier molecular flexibility index (Phi) is 5.12. The van der Waals surface area contributed by atoms with Crippen molar-refractivity contribution < 1.29 is 29.1 Å². The van der Waals surface area contributed by atoms with Crippen molar-refractivity contribution in [1.82, 2.24) is 5.32 Å². The number of carbonyl (C=O) groups excluding carboxylic acids is 2. The molecule has 2 rings (SSSR count). The van der Waals surface area contributed by atoms with Gasteiger partial charge in [-0.25, -0.2) is 9.59 Å². The molecule has 2 unspecified atom stereocenters. The first-order chi connectivity index (χ1) is 11.5. The quantitative estimate of drug-likeness (QED) is 0.612. The third-order valence-corrected chi connectivity index (χ3v) is 3.85. The number of nitrogens with one attached hydrogen (secondary N) is 1. The van der Waals surface area contributed by atoms with E-state index in [0.717, 1.165) is 5.06 Å². The van der Waals surface area contributed by atoms with Crippen LogP contribution in [0.4, 0.5) is 15.3 Å². The lowest BCUT2D eigenvalue weighted by molar-refractivity contribution is -0.128. The van der Waals surface area contributed by atoms with Crippen molar-refractivity contribution in [3.8, 4) is 0 Å². The number of amides is 2. The molecule has 1 aromatic rings. The molecule has 8 nitrogen and oxygen atoms in total. The number of aryl methyl sites for hydroxylation is 1. The van der Waals surface area contributed by atoms with Crippen LogP contribution in [0.2, 0.25) is 0 Å². The molecular weight excluding hydrogens is 352 g/mol. The molecule has 0 aromatic heterocycles. The van der Waals surface area contributed by atoms with Crippen LogP contribution in [-0.4, -0.2) is 34.9 Å². The fourth-order valence-corrected chi connectivity index (χ4v) is 2.77. The van der Waals surface area contributed by atoms with Crippen LogP contribution in [0.3, 0.4) is 0 Å².